The van der Waals surface area contributed by atoms with Crippen molar-refractivity contribution in [1.82, 2.24) is 4.90 Å². The smallest absolute Gasteiger partial charge is 0.335 e. The molecule has 1 unspecified atom stereocenters. The van der Waals surface area contributed by atoms with Gasteiger partial charge in [0.15, 0.2) is 0 Å². The van der Waals surface area contributed by atoms with Crippen LogP contribution in [0.15, 0.2) is 78.4 Å². The molecule has 8 nitrogen and oxygen atoms in total. The van der Waals surface area contributed by atoms with Crippen molar-refractivity contribution < 1.29 is 34.1 Å². The van der Waals surface area contributed by atoms with Crippen molar-refractivity contribution in [3.05, 3.63) is 101 Å². The van der Waals surface area contributed by atoms with Crippen molar-refractivity contribution in [2.45, 2.75) is 26.4 Å². The second-order valence-corrected chi connectivity index (χ2v) is 9.43. The quantitative estimate of drug-likeness (QED) is 0.233. The molecule has 1 saturated heterocycles. The Labute approximate surface area is 220 Å². The predicted octanol–water partition coefficient (Wildman–Crippen LogP) is 5.05. The van der Waals surface area contributed by atoms with Crippen LogP contribution in [0.1, 0.15) is 46.9 Å². The Bertz CT molecular complexity index is 1370. The van der Waals surface area contributed by atoms with Gasteiger partial charge in [-0.3, -0.25) is 9.59 Å². The van der Waals surface area contributed by atoms with Crippen LogP contribution in [-0.4, -0.2) is 46.5 Å². The lowest BCUT2D eigenvalue weighted by atomic mass is 9.95. The number of aliphatic hydroxyl groups excluding tert-OH is 1. The number of hydrogen-bond acceptors (Lipinski definition) is 6. The summed E-state index contributed by atoms with van der Waals surface area (Å²) < 4.78 is 11.0. The molecule has 3 aromatic rings. The summed E-state index contributed by atoms with van der Waals surface area (Å²) in [6, 6.07) is 18.9. The summed E-state index contributed by atoms with van der Waals surface area (Å²) in [7, 11) is 1.54. The second kappa shape index (κ2) is 11.2. The number of benzene rings is 3. The number of likely N-dealkylation sites (tertiary alicyclic amines) is 1. The van der Waals surface area contributed by atoms with Crippen molar-refractivity contribution in [2.75, 3.05) is 13.7 Å². The molecule has 1 fully saturated rings. The molecular weight excluding hydrogens is 486 g/mol. The standard InChI is InChI=1S/C30H29NO7/c1-18(2)17-38-24-6-4-5-22(15-24)27(32)25-26(20-11-13-23(37-3)14-12-20)31(29(34)28(25)33)16-19-7-9-21(10-8-19)30(35)36/h4-15,18,26,32H,16-17H2,1-3H3,(H,35,36)/b27-25+. The second-order valence-electron chi connectivity index (χ2n) is 9.43. The van der Waals surface area contributed by atoms with E-state index in [0.717, 1.165) is 0 Å². The molecule has 2 N–H and O–H groups in total. The molecular formula is C30H29NO7. The number of carbonyl (C=O) groups excluding carboxylic acids is 2. The lowest BCUT2D eigenvalue weighted by molar-refractivity contribution is -0.140. The number of rotatable bonds is 9. The van der Waals surface area contributed by atoms with Gasteiger partial charge in [0, 0.05) is 12.1 Å². The normalized spacial score (nSPS) is 16.6. The van der Waals surface area contributed by atoms with E-state index in [2.05, 4.69) is 0 Å². The Balaban J connectivity index is 1.78. The van der Waals surface area contributed by atoms with E-state index in [9.17, 15) is 24.6 Å². The third-order valence-corrected chi connectivity index (χ3v) is 6.22. The first-order valence-corrected chi connectivity index (χ1v) is 12.2. The summed E-state index contributed by atoms with van der Waals surface area (Å²) in [4.78, 5) is 39.2. The first kappa shape index (κ1) is 26.5. The number of nitrogens with zero attached hydrogens (tertiary/aromatic N) is 1. The van der Waals surface area contributed by atoms with Gasteiger partial charge < -0.3 is 24.6 Å². The molecule has 1 amide bonds. The highest BCUT2D eigenvalue weighted by atomic mass is 16.5. The van der Waals surface area contributed by atoms with Crippen molar-refractivity contribution in [3.63, 3.8) is 0 Å². The van der Waals surface area contributed by atoms with E-state index in [1.54, 1.807) is 60.7 Å². The molecule has 8 heteroatoms. The van der Waals surface area contributed by atoms with Gasteiger partial charge in [-0.2, -0.15) is 0 Å². The van der Waals surface area contributed by atoms with E-state index in [0.29, 0.717) is 40.7 Å². The van der Waals surface area contributed by atoms with Gasteiger partial charge in [-0.25, -0.2) is 4.79 Å². The third kappa shape index (κ3) is 5.54. The Morgan fingerprint density at radius 1 is 0.921 bits per heavy atom. The minimum atomic E-state index is -1.06. The zero-order valence-corrected chi connectivity index (χ0v) is 21.4. The summed E-state index contributed by atoms with van der Waals surface area (Å²) in [6.45, 7) is 4.57. The number of carbonyl (C=O) groups is 3. The average Bonchev–Trinajstić information content (AvgIpc) is 3.17. The number of carboxylic acids is 1. The highest BCUT2D eigenvalue weighted by Gasteiger charge is 2.46. The molecule has 0 aliphatic carbocycles. The maximum absolute atomic E-state index is 13.3. The number of carboxylic acid groups (broad SMARTS) is 1. The van der Waals surface area contributed by atoms with Crippen molar-refractivity contribution >= 4 is 23.4 Å². The van der Waals surface area contributed by atoms with Crippen LogP contribution < -0.4 is 9.47 Å². The van der Waals surface area contributed by atoms with Crippen LogP contribution in [0.25, 0.3) is 5.76 Å². The number of Topliss-reactive ketones (excluding diaryl/α,β-unsaturated/α-hetero) is 1. The number of methoxy groups -OCH3 is 1. The molecule has 1 aliphatic rings. The van der Waals surface area contributed by atoms with Gasteiger partial charge in [-0.15, -0.1) is 0 Å². The fraction of sp³-hybridized carbons (Fsp3) is 0.233. The van der Waals surface area contributed by atoms with Gasteiger partial charge >= 0.3 is 5.97 Å². The fourth-order valence-corrected chi connectivity index (χ4v) is 4.28. The van der Waals surface area contributed by atoms with Crippen molar-refractivity contribution in [1.29, 1.82) is 0 Å². The first-order valence-electron chi connectivity index (χ1n) is 12.2. The monoisotopic (exact) mass is 515 g/mol. The molecule has 38 heavy (non-hydrogen) atoms. The Kier molecular flexibility index (Phi) is 7.81. The number of hydrogen-bond donors (Lipinski definition) is 2. The van der Waals surface area contributed by atoms with Gasteiger partial charge in [-0.1, -0.05) is 50.2 Å². The van der Waals surface area contributed by atoms with Gasteiger partial charge in [0.1, 0.15) is 17.3 Å². The summed E-state index contributed by atoms with van der Waals surface area (Å²) in [6.07, 6.45) is 0. The largest absolute Gasteiger partial charge is 0.507 e. The molecule has 0 radical (unpaired) electrons. The predicted molar refractivity (Wildman–Crippen MR) is 141 cm³/mol. The number of ether oxygens (including phenoxy) is 2. The van der Waals surface area contributed by atoms with Gasteiger partial charge in [0.2, 0.25) is 0 Å². The number of amides is 1. The number of aromatic carboxylic acids is 1. The number of aliphatic hydroxyl groups is 1. The molecule has 4 rings (SSSR count). The zero-order valence-electron chi connectivity index (χ0n) is 21.4. The Hall–Kier alpha value is -4.59. The van der Waals surface area contributed by atoms with E-state index >= 15 is 0 Å². The molecule has 0 saturated carbocycles. The topological polar surface area (TPSA) is 113 Å². The van der Waals surface area contributed by atoms with Crippen LogP contribution >= 0.6 is 0 Å². The molecule has 0 bridgehead atoms. The molecule has 1 aliphatic heterocycles. The molecule has 1 atom stereocenters. The van der Waals surface area contributed by atoms with Crippen LogP contribution in [0.3, 0.4) is 0 Å². The van der Waals surface area contributed by atoms with Crippen LogP contribution in [-0.2, 0) is 16.1 Å². The molecule has 196 valence electrons. The van der Waals surface area contributed by atoms with Crippen LogP contribution in [0.5, 0.6) is 11.5 Å². The van der Waals surface area contributed by atoms with E-state index in [1.165, 1.54) is 24.1 Å². The zero-order chi connectivity index (χ0) is 27.4. The lowest BCUT2D eigenvalue weighted by Crippen LogP contribution is -2.29. The average molecular weight is 516 g/mol. The summed E-state index contributed by atoms with van der Waals surface area (Å²) in [5, 5.41) is 20.6. The number of ketones is 1. The Morgan fingerprint density at radius 2 is 1.61 bits per heavy atom. The summed E-state index contributed by atoms with van der Waals surface area (Å²) in [5.74, 6) is -1.49. The fourth-order valence-electron chi connectivity index (χ4n) is 4.28. The maximum atomic E-state index is 13.3. The summed E-state index contributed by atoms with van der Waals surface area (Å²) >= 11 is 0. The molecule has 3 aromatic carbocycles. The van der Waals surface area contributed by atoms with Crippen LogP contribution in [0.2, 0.25) is 0 Å². The molecule has 1 heterocycles. The Morgan fingerprint density at radius 3 is 2.21 bits per heavy atom. The maximum Gasteiger partial charge on any atom is 0.335 e. The molecule has 0 spiro atoms. The summed E-state index contributed by atoms with van der Waals surface area (Å²) in [5.41, 5.74) is 1.68. The molecule has 0 aromatic heterocycles. The van der Waals surface area contributed by atoms with E-state index < -0.39 is 23.7 Å². The van der Waals surface area contributed by atoms with Gasteiger partial charge in [0.25, 0.3) is 11.7 Å². The van der Waals surface area contributed by atoms with E-state index in [4.69, 9.17) is 9.47 Å². The highest BCUT2D eigenvalue weighted by molar-refractivity contribution is 6.46. The third-order valence-electron chi connectivity index (χ3n) is 6.22. The lowest BCUT2D eigenvalue weighted by Gasteiger charge is -2.25. The van der Waals surface area contributed by atoms with Crippen LogP contribution in [0, 0.1) is 5.92 Å². The van der Waals surface area contributed by atoms with E-state index in [1.807, 2.05) is 13.8 Å². The van der Waals surface area contributed by atoms with Crippen molar-refractivity contribution in [3.8, 4) is 11.5 Å². The SMILES string of the molecule is COc1ccc(C2/C(=C(\O)c3cccc(OCC(C)C)c3)C(=O)C(=O)N2Cc2ccc(C(=O)O)cc2)cc1. The van der Waals surface area contributed by atoms with Crippen LogP contribution in [0.4, 0.5) is 0 Å². The van der Waals surface area contributed by atoms with Crippen molar-refractivity contribution in [2.24, 2.45) is 5.92 Å². The van der Waals surface area contributed by atoms with Gasteiger partial charge in [-0.05, 0) is 53.4 Å². The minimum absolute atomic E-state index is 0.0372. The highest BCUT2D eigenvalue weighted by Crippen LogP contribution is 2.41. The van der Waals surface area contributed by atoms with Gasteiger partial charge in [0.05, 0.1) is 30.9 Å². The first-order chi connectivity index (χ1) is 18.2. The van der Waals surface area contributed by atoms with E-state index in [-0.39, 0.29) is 23.4 Å². The minimum Gasteiger partial charge on any atom is -0.507 e.